The molecule has 1 aliphatic rings. The van der Waals surface area contributed by atoms with Crippen LogP contribution in [-0.4, -0.2) is 0 Å². The predicted octanol–water partition coefficient (Wildman–Crippen LogP) is 8.81. The van der Waals surface area contributed by atoms with Crippen molar-refractivity contribution in [1.29, 1.82) is 0 Å². The van der Waals surface area contributed by atoms with E-state index < -0.39 is 5.89 Å². The fourth-order valence-electron chi connectivity index (χ4n) is 5.59. The highest BCUT2D eigenvalue weighted by Gasteiger charge is 2.27. The summed E-state index contributed by atoms with van der Waals surface area (Å²) in [7, 11) is 2.10. The van der Waals surface area contributed by atoms with E-state index >= 15 is 0 Å². The highest BCUT2D eigenvalue weighted by molar-refractivity contribution is 6.00. The van der Waals surface area contributed by atoms with Crippen LogP contribution in [0.4, 0.5) is 5.69 Å². The number of aromatic nitrogens is 1. The number of benzene rings is 3. The van der Waals surface area contributed by atoms with Crippen LogP contribution in [0, 0.1) is 13.5 Å². The Morgan fingerprint density at radius 2 is 1.60 bits per heavy atom. The number of rotatable bonds is 3. The van der Waals surface area contributed by atoms with Crippen molar-refractivity contribution in [2.24, 2.45) is 7.05 Å². The van der Waals surface area contributed by atoms with Crippen molar-refractivity contribution in [3.05, 3.63) is 95.0 Å². The van der Waals surface area contributed by atoms with Gasteiger partial charge in [-0.05, 0) is 70.2 Å². The molecule has 0 atom stereocenters. The van der Waals surface area contributed by atoms with E-state index in [1.807, 2.05) is 24.3 Å². The first-order valence-electron chi connectivity index (χ1n) is 13.2. The fourth-order valence-corrected chi connectivity index (χ4v) is 5.59. The summed E-state index contributed by atoms with van der Waals surface area (Å²) in [5.74, 6) is -0.432. The van der Waals surface area contributed by atoms with E-state index in [9.17, 15) is 0 Å². The molecule has 3 aromatic carbocycles. The summed E-state index contributed by atoms with van der Waals surface area (Å²) in [4.78, 5) is 3.87. The fraction of sp³-hybridized carbons (Fsp3) is 0.333. The van der Waals surface area contributed by atoms with Crippen LogP contribution in [0.5, 0.6) is 0 Å². The SMILES string of the molecule is [2H]C1(c2ccc(-c3cc(-c4cc([N+]#[C-])c5ccccc5c4C)[n+](C)cc3C(C)(C)C)cc2)CCCC1. The number of fused-ring (bicyclic) bond motifs is 1. The van der Waals surface area contributed by atoms with Crippen LogP contribution >= 0.6 is 0 Å². The van der Waals surface area contributed by atoms with Crippen molar-refractivity contribution in [3.63, 3.8) is 0 Å². The molecule has 0 aliphatic heterocycles. The second-order valence-corrected chi connectivity index (χ2v) is 11.0. The minimum absolute atomic E-state index is 0.0352. The monoisotopic (exact) mass is 460 g/mol. The van der Waals surface area contributed by atoms with Gasteiger partial charge in [0.25, 0.3) is 0 Å². The molecule has 2 nitrogen and oxygen atoms in total. The van der Waals surface area contributed by atoms with Gasteiger partial charge in [-0.15, -0.1) is 0 Å². The van der Waals surface area contributed by atoms with Crippen molar-refractivity contribution >= 4 is 16.5 Å². The molecule has 0 saturated heterocycles. The maximum Gasteiger partial charge on any atom is 0.211 e. The van der Waals surface area contributed by atoms with Gasteiger partial charge in [-0.1, -0.05) is 82.1 Å². The summed E-state index contributed by atoms with van der Waals surface area (Å²) in [6.45, 7) is 16.7. The molecule has 0 spiro atoms. The normalized spacial score (nSPS) is 15.7. The Balaban J connectivity index is 1.71. The largest absolute Gasteiger partial charge is 0.237 e. The van der Waals surface area contributed by atoms with Gasteiger partial charge in [-0.3, -0.25) is 0 Å². The molecule has 0 radical (unpaired) electrons. The highest BCUT2D eigenvalue weighted by atomic mass is 14.9. The van der Waals surface area contributed by atoms with E-state index in [0.717, 1.165) is 53.3 Å². The van der Waals surface area contributed by atoms with E-state index in [1.165, 1.54) is 22.3 Å². The number of hydrogen-bond acceptors (Lipinski definition) is 0. The Hall–Kier alpha value is -3.44. The lowest BCUT2D eigenvalue weighted by Gasteiger charge is -2.23. The summed E-state index contributed by atoms with van der Waals surface area (Å²) in [6, 6.07) is 21.3. The van der Waals surface area contributed by atoms with Crippen molar-refractivity contribution in [2.75, 3.05) is 0 Å². The first kappa shape index (κ1) is 22.1. The van der Waals surface area contributed by atoms with E-state index in [2.05, 4.69) is 86.7 Å². The molecule has 0 amide bonds. The summed E-state index contributed by atoms with van der Waals surface area (Å²) < 4.78 is 11.1. The van der Waals surface area contributed by atoms with Crippen LogP contribution in [0.25, 0.3) is 38.0 Å². The molecule has 1 fully saturated rings. The highest BCUT2D eigenvalue weighted by Crippen LogP contribution is 2.40. The topological polar surface area (TPSA) is 8.24 Å². The third kappa shape index (κ3) is 4.25. The smallest absolute Gasteiger partial charge is 0.211 e. The van der Waals surface area contributed by atoms with Gasteiger partial charge in [0, 0.05) is 18.6 Å². The maximum atomic E-state index is 8.91. The summed E-state index contributed by atoms with van der Waals surface area (Å²) >= 11 is 0. The lowest BCUT2D eigenvalue weighted by molar-refractivity contribution is -0.660. The van der Waals surface area contributed by atoms with Gasteiger partial charge < -0.3 is 0 Å². The van der Waals surface area contributed by atoms with Gasteiger partial charge in [-0.25, -0.2) is 9.41 Å². The van der Waals surface area contributed by atoms with Gasteiger partial charge in [0.2, 0.25) is 5.69 Å². The average molecular weight is 461 g/mol. The molecule has 1 aliphatic carbocycles. The van der Waals surface area contributed by atoms with E-state index in [1.54, 1.807) is 0 Å². The molecule has 0 N–H and O–H groups in total. The number of nitrogens with zero attached hydrogens (tertiary/aromatic N) is 2. The van der Waals surface area contributed by atoms with Gasteiger partial charge in [-0.2, -0.15) is 0 Å². The van der Waals surface area contributed by atoms with Gasteiger partial charge in [0.1, 0.15) is 7.05 Å². The summed E-state index contributed by atoms with van der Waals surface area (Å²) in [5.41, 5.74) is 8.85. The number of pyridine rings is 1. The lowest BCUT2D eigenvalue weighted by atomic mass is 9.81. The van der Waals surface area contributed by atoms with E-state index in [4.69, 9.17) is 7.94 Å². The van der Waals surface area contributed by atoms with Crippen LogP contribution in [0.1, 0.15) is 70.4 Å². The first-order valence-corrected chi connectivity index (χ1v) is 12.7. The minimum atomic E-state index is -0.432. The summed E-state index contributed by atoms with van der Waals surface area (Å²) in [5, 5.41) is 2.14. The third-order valence-electron chi connectivity index (χ3n) is 7.58. The Bertz CT molecular complexity index is 1490. The quantitative estimate of drug-likeness (QED) is 0.213. The predicted molar refractivity (Wildman–Crippen MR) is 147 cm³/mol. The van der Waals surface area contributed by atoms with Gasteiger partial charge in [0.05, 0.1) is 6.57 Å². The molecule has 176 valence electrons. The minimum Gasteiger partial charge on any atom is -0.237 e. The zero-order chi connectivity index (χ0) is 25.7. The Labute approximate surface area is 211 Å². The van der Waals surface area contributed by atoms with Crippen molar-refractivity contribution in [2.45, 2.75) is 64.7 Å². The Kier molecular flexibility index (Phi) is 5.65. The first-order chi connectivity index (χ1) is 17.1. The zero-order valence-corrected chi connectivity index (χ0v) is 21.6. The number of aryl methyl sites for hydroxylation is 2. The molecule has 4 aromatic rings. The van der Waals surface area contributed by atoms with Crippen molar-refractivity contribution < 1.29 is 5.94 Å². The lowest BCUT2D eigenvalue weighted by Crippen LogP contribution is -2.34. The zero-order valence-electron chi connectivity index (χ0n) is 22.6. The number of hydrogen-bond donors (Lipinski definition) is 0. The molecule has 2 heteroatoms. The maximum absolute atomic E-state index is 8.91. The summed E-state index contributed by atoms with van der Waals surface area (Å²) in [6.07, 6.45) is 6.46. The van der Waals surface area contributed by atoms with Crippen LogP contribution in [0.15, 0.2) is 66.9 Å². The van der Waals surface area contributed by atoms with E-state index in [-0.39, 0.29) is 5.41 Å². The molecule has 1 aromatic heterocycles. The van der Waals surface area contributed by atoms with E-state index in [0.29, 0.717) is 5.69 Å². The molecule has 0 bridgehead atoms. The van der Waals surface area contributed by atoms with Crippen LogP contribution in [0.2, 0.25) is 0 Å². The Morgan fingerprint density at radius 3 is 2.23 bits per heavy atom. The molecule has 1 heterocycles. The molecule has 0 unspecified atom stereocenters. The van der Waals surface area contributed by atoms with Gasteiger partial charge >= 0.3 is 0 Å². The molecule has 35 heavy (non-hydrogen) atoms. The second kappa shape index (κ2) is 8.97. The molecular formula is C33H35N2+. The molecular weight excluding hydrogens is 424 g/mol. The second-order valence-electron chi connectivity index (χ2n) is 11.0. The Morgan fingerprint density at radius 1 is 0.943 bits per heavy atom. The van der Waals surface area contributed by atoms with Crippen LogP contribution < -0.4 is 4.57 Å². The van der Waals surface area contributed by atoms with Gasteiger partial charge in [0.15, 0.2) is 11.9 Å². The molecule has 5 rings (SSSR count). The van der Waals surface area contributed by atoms with Crippen LogP contribution in [0.3, 0.4) is 0 Å². The van der Waals surface area contributed by atoms with Crippen molar-refractivity contribution in [3.8, 4) is 22.4 Å². The third-order valence-corrected chi connectivity index (χ3v) is 7.58. The average Bonchev–Trinajstić information content (AvgIpc) is 3.32. The van der Waals surface area contributed by atoms with Crippen LogP contribution in [-0.2, 0) is 12.5 Å². The molecule has 1 saturated carbocycles. The standard InChI is InChI=1S/C33H35N2/c1-22-26-13-9-10-14-27(26)31(34-5)19-28(22)32-20-29(30(21-35(32)6)33(2,3)4)25-17-15-24(16-18-25)23-11-7-8-12-23/h9-10,13-21,23H,7-8,11-12H2,1-4,6H3/q+1/i23D. The van der Waals surface area contributed by atoms with Crippen molar-refractivity contribution in [1.82, 2.24) is 0 Å².